The van der Waals surface area contributed by atoms with Gasteiger partial charge in [0.2, 0.25) is 5.91 Å². The maximum atomic E-state index is 12.1. The van der Waals surface area contributed by atoms with Gasteiger partial charge < -0.3 is 29.3 Å². The average Bonchev–Trinajstić information content (AvgIpc) is 3.61. The van der Waals surface area contributed by atoms with Crippen LogP contribution in [0, 0.1) is 20.8 Å². The Balaban J connectivity index is 1.56. The van der Waals surface area contributed by atoms with Crippen molar-refractivity contribution in [3.05, 3.63) is 101 Å². The van der Waals surface area contributed by atoms with E-state index in [2.05, 4.69) is 45.0 Å². The molecule has 8 nitrogen and oxygen atoms in total. The van der Waals surface area contributed by atoms with Crippen molar-refractivity contribution < 1.29 is 13.9 Å². The van der Waals surface area contributed by atoms with Crippen LogP contribution >= 0.6 is 12.2 Å². The Kier molecular flexibility index (Phi) is 7.31. The maximum Gasteiger partial charge on any atom is 0.250 e. The summed E-state index contributed by atoms with van der Waals surface area (Å²) in [6, 6.07) is 17.7. The van der Waals surface area contributed by atoms with E-state index in [0.29, 0.717) is 11.7 Å². The molecule has 0 saturated carbocycles. The number of hydrogen-bond acceptors (Lipinski definition) is 5. The number of hydrogen-bond donors (Lipinski definition) is 2. The van der Waals surface area contributed by atoms with Crippen molar-refractivity contribution in [3.8, 4) is 0 Å². The van der Waals surface area contributed by atoms with E-state index in [0.717, 1.165) is 45.3 Å². The van der Waals surface area contributed by atoms with Crippen LogP contribution in [0.25, 0.3) is 0 Å². The average molecular weight is 530 g/mol. The predicted molar refractivity (Wildman–Crippen MR) is 151 cm³/mol. The molecular weight excluding hydrogens is 498 g/mol. The number of rotatable bonds is 8. The van der Waals surface area contributed by atoms with Crippen LogP contribution < -0.4 is 15.5 Å². The van der Waals surface area contributed by atoms with Gasteiger partial charge in [0.1, 0.15) is 12.4 Å². The molecule has 1 aromatic carbocycles. The van der Waals surface area contributed by atoms with Crippen LogP contribution in [0.4, 0.5) is 11.4 Å². The molecule has 0 unspecified atom stereocenters. The molecule has 0 aliphatic carbocycles. The molecule has 4 heterocycles. The van der Waals surface area contributed by atoms with Crippen LogP contribution in [0.2, 0.25) is 0 Å². The van der Waals surface area contributed by atoms with Gasteiger partial charge >= 0.3 is 0 Å². The highest BCUT2D eigenvalue weighted by atomic mass is 32.1. The Morgan fingerprint density at radius 1 is 1.16 bits per heavy atom. The van der Waals surface area contributed by atoms with Crippen LogP contribution in [0.5, 0.6) is 0 Å². The van der Waals surface area contributed by atoms with Crippen molar-refractivity contribution in [2.24, 2.45) is 0 Å². The third-order valence-corrected chi connectivity index (χ3v) is 7.28. The monoisotopic (exact) mass is 529 g/mol. The number of pyridine rings is 1. The first-order valence-electron chi connectivity index (χ1n) is 12.5. The molecule has 3 aromatic heterocycles. The number of anilines is 2. The third-order valence-electron chi connectivity index (χ3n) is 6.96. The second-order valence-corrected chi connectivity index (χ2v) is 9.86. The van der Waals surface area contributed by atoms with Gasteiger partial charge in [0, 0.05) is 36.1 Å². The standard InChI is InChI=1S/C29H31N5O3S/c1-18-14-21(10-11-24(18)31-26(35)17-36-4)34-28(27(32-29(34)38)25-9-5-6-12-30-25)23-15-19(2)33(20(23)3)16-22-8-7-13-37-22/h5-15,27-28H,16-17H2,1-4H3,(H,31,35)(H,32,38)/t27-,28+/m0/s1. The molecular formula is C29H31N5O3S. The molecule has 196 valence electrons. The van der Waals surface area contributed by atoms with E-state index in [9.17, 15) is 4.79 Å². The first kappa shape index (κ1) is 25.7. The van der Waals surface area contributed by atoms with E-state index in [1.54, 1.807) is 6.26 Å². The zero-order chi connectivity index (χ0) is 26.8. The lowest BCUT2D eigenvalue weighted by Gasteiger charge is -2.29. The normalized spacial score (nSPS) is 17.1. The number of nitrogens with one attached hydrogen (secondary N) is 2. The fourth-order valence-corrected chi connectivity index (χ4v) is 5.48. The molecule has 1 fully saturated rings. The van der Waals surface area contributed by atoms with Gasteiger partial charge in [0.15, 0.2) is 5.11 Å². The fraction of sp³-hybridized carbons (Fsp3) is 0.276. The summed E-state index contributed by atoms with van der Waals surface area (Å²) in [6.45, 7) is 6.88. The molecule has 0 radical (unpaired) electrons. The topological polar surface area (TPSA) is 84.6 Å². The summed E-state index contributed by atoms with van der Waals surface area (Å²) < 4.78 is 12.8. The van der Waals surface area contributed by atoms with Crippen LogP contribution in [-0.4, -0.2) is 34.3 Å². The first-order chi connectivity index (χ1) is 18.4. The van der Waals surface area contributed by atoms with E-state index < -0.39 is 0 Å². The summed E-state index contributed by atoms with van der Waals surface area (Å²) in [5.74, 6) is 0.706. The highest BCUT2D eigenvalue weighted by molar-refractivity contribution is 7.80. The minimum Gasteiger partial charge on any atom is -0.467 e. The molecule has 0 spiro atoms. The SMILES string of the molecule is COCC(=O)Nc1ccc(N2C(=S)N[C@@H](c3ccccn3)[C@H]2c2cc(C)n(Cc3ccco3)c2C)cc1C. The molecule has 2 N–H and O–H groups in total. The quantitative estimate of drug-likeness (QED) is 0.303. The van der Waals surface area contributed by atoms with Crippen LogP contribution in [0.15, 0.2) is 71.5 Å². The summed E-state index contributed by atoms with van der Waals surface area (Å²) in [5, 5.41) is 7.06. The summed E-state index contributed by atoms with van der Waals surface area (Å²) in [4.78, 5) is 18.9. The number of ether oxygens (including phenoxy) is 1. The maximum absolute atomic E-state index is 12.1. The summed E-state index contributed by atoms with van der Waals surface area (Å²) in [6.07, 6.45) is 3.51. The number of carbonyl (C=O) groups excluding carboxylic acids is 1. The van der Waals surface area contributed by atoms with E-state index in [1.807, 2.05) is 61.7 Å². The van der Waals surface area contributed by atoms with Crippen LogP contribution in [0.1, 0.15) is 46.1 Å². The molecule has 2 atom stereocenters. The van der Waals surface area contributed by atoms with E-state index in [4.69, 9.17) is 21.4 Å². The number of methoxy groups -OCH3 is 1. The van der Waals surface area contributed by atoms with Gasteiger partial charge in [-0.05, 0) is 92.6 Å². The number of amides is 1. The van der Waals surface area contributed by atoms with E-state index >= 15 is 0 Å². The van der Waals surface area contributed by atoms with Gasteiger partial charge in [0.05, 0.1) is 30.6 Å². The van der Waals surface area contributed by atoms with Crippen LogP contribution in [-0.2, 0) is 16.1 Å². The molecule has 1 aliphatic rings. The molecule has 1 saturated heterocycles. The van der Waals surface area contributed by atoms with Gasteiger partial charge in [-0.25, -0.2) is 0 Å². The molecule has 9 heteroatoms. The zero-order valence-corrected chi connectivity index (χ0v) is 22.7. The van der Waals surface area contributed by atoms with Crippen molar-refractivity contribution >= 4 is 34.6 Å². The first-order valence-corrected chi connectivity index (χ1v) is 12.9. The smallest absolute Gasteiger partial charge is 0.250 e. The minimum absolute atomic E-state index is 0.00275. The van der Waals surface area contributed by atoms with Crippen molar-refractivity contribution in [1.29, 1.82) is 0 Å². The summed E-state index contributed by atoms with van der Waals surface area (Å²) in [5.41, 5.74) is 6.95. The molecule has 4 aromatic rings. The lowest BCUT2D eigenvalue weighted by atomic mass is 9.96. The largest absolute Gasteiger partial charge is 0.467 e. The van der Waals surface area contributed by atoms with Crippen molar-refractivity contribution in [1.82, 2.24) is 14.9 Å². The summed E-state index contributed by atoms with van der Waals surface area (Å²) >= 11 is 5.91. The molecule has 1 aliphatic heterocycles. The number of benzene rings is 1. The predicted octanol–water partition coefficient (Wildman–Crippen LogP) is 5.21. The lowest BCUT2D eigenvalue weighted by molar-refractivity contribution is -0.119. The number of thiocarbonyl (C=S) groups is 1. The van der Waals surface area contributed by atoms with Gasteiger partial charge in [-0.2, -0.15) is 0 Å². The Morgan fingerprint density at radius 2 is 2.00 bits per heavy atom. The molecule has 1 amide bonds. The van der Waals surface area contributed by atoms with Crippen molar-refractivity contribution in [3.63, 3.8) is 0 Å². The van der Waals surface area contributed by atoms with E-state index in [1.165, 1.54) is 7.11 Å². The Hall–Kier alpha value is -3.95. The van der Waals surface area contributed by atoms with Gasteiger partial charge in [-0.1, -0.05) is 6.07 Å². The third kappa shape index (κ3) is 4.94. The zero-order valence-electron chi connectivity index (χ0n) is 21.9. The van der Waals surface area contributed by atoms with Gasteiger partial charge in [0.25, 0.3) is 0 Å². The number of aryl methyl sites for hydroxylation is 2. The molecule has 0 bridgehead atoms. The van der Waals surface area contributed by atoms with Crippen molar-refractivity contribution in [2.75, 3.05) is 23.9 Å². The van der Waals surface area contributed by atoms with Crippen molar-refractivity contribution in [2.45, 2.75) is 39.4 Å². The second-order valence-electron chi connectivity index (χ2n) is 9.47. The number of carbonyl (C=O) groups is 1. The van der Waals surface area contributed by atoms with Gasteiger partial charge in [-0.3, -0.25) is 9.78 Å². The molecule has 38 heavy (non-hydrogen) atoms. The van der Waals surface area contributed by atoms with Crippen LogP contribution in [0.3, 0.4) is 0 Å². The number of furan rings is 1. The molecule has 5 rings (SSSR count). The number of aromatic nitrogens is 2. The second kappa shape index (κ2) is 10.8. The highest BCUT2D eigenvalue weighted by Gasteiger charge is 2.42. The Labute approximate surface area is 227 Å². The summed E-state index contributed by atoms with van der Waals surface area (Å²) in [7, 11) is 1.50. The lowest BCUT2D eigenvalue weighted by Crippen LogP contribution is -2.29. The van der Waals surface area contributed by atoms with E-state index in [-0.39, 0.29) is 24.6 Å². The minimum atomic E-state index is -0.196. The number of nitrogens with zero attached hydrogens (tertiary/aromatic N) is 3. The highest BCUT2D eigenvalue weighted by Crippen LogP contribution is 2.44. The Morgan fingerprint density at radius 3 is 2.68 bits per heavy atom. The fourth-order valence-electron chi connectivity index (χ4n) is 5.13. The van der Waals surface area contributed by atoms with Gasteiger partial charge in [-0.15, -0.1) is 0 Å². The Bertz CT molecular complexity index is 1450.